The van der Waals surface area contributed by atoms with Gasteiger partial charge in [-0.05, 0) is 29.4 Å². The van der Waals surface area contributed by atoms with Crippen molar-refractivity contribution in [3.05, 3.63) is 46.8 Å². The lowest BCUT2D eigenvalue weighted by atomic mass is 9.87. The van der Waals surface area contributed by atoms with Gasteiger partial charge in [0.2, 0.25) is 0 Å². The Kier molecular flexibility index (Phi) is 5.20. The van der Waals surface area contributed by atoms with Crippen LogP contribution in [0.5, 0.6) is 0 Å². The van der Waals surface area contributed by atoms with Crippen LogP contribution >= 0.6 is 0 Å². The Hall–Kier alpha value is -2.15. The molecule has 0 saturated carbocycles. The summed E-state index contributed by atoms with van der Waals surface area (Å²) in [6.45, 7) is 11.6. The average Bonchev–Trinajstić information content (AvgIpc) is 2.91. The summed E-state index contributed by atoms with van der Waals surface area (Å²) in [5, 5.41) is 17.6. The molecular weight excluding hydrogens is 284 g/mol. The summed E-state index contributed by atoms with van der Waals surface area (Å²) in [6, 6.07) is 10.8. The third kappa shape index (κ3) is 3.79. The first-order valence-electron chi connectivity index (χ1n) is 8.33. The fraction of sp³-hybridized carbons (Fsp3) is 0.526. The van der Waals surface area contributed by atoms with Crippen LogP contribution in [0.15, 0.2) is 24.3 Å². The third-order valence-corrected chi connectivity index (χ3v) is 4.40. The highest BCUT2D eigenvalue weighted by Gasteiger charge is 2.20. The fourth-order valence-corrected chi connectivity index (χ4v) is 2.88. The van der Waals surface area contributed by atoms with Crippen molar-refractivity contribution in [3.8, 4) is 6.07 Å². The van der Waals surface area contributed by atoms with E-state index in [1.54, 1.807) is 0 Å². The van der Waals surface area contributed by atoms with Crippen molar-refractivity contribution < 1.29 is 0 Å². The molecule has 1 aromatic heterocycles. The van der Waals surface area contributed by atoms with Gasteiger partial charge in [-0.1, -0.05) is 64.1 Å². The Labute approximate surface area is 139 Å². The first-order chi connectivity index (χ1) is 10.9. The van der Waals surface area contributed by atoms with Gasteiger partial charge in [0.25, 0.3) is 0 Å². The van der Waals surface area contributed by atoms with Gasteiger partial charge in [0.1, 0.15) is 6.07 Å². The minimum absolute atomic E-state index is 0.153. The molecule has 0 aliphatic carbocycles. The van der Waals surface area contributed by atoms with E-state index in [1.807, 2.05) is 4.68 Å². The van der Waals surface area contributed by atoms with E-state index in [1.165, 1.54) is 11.1 Å². The van der Waals surface area contributed by atoms with E-state index in [-0.39, 0.29) is 5.41 Å². The van der Waals surface area contributed by atoms with Gasteiger partial charge in [0.05, 0.1) is 12.2 Å². The zero-order valence-electron chi connectivity index (χ0n) is 14.8. The molecule has 2 aromatic rings. The van der Waals surface area contributed by atoms with Gasteiger partial charge < -0.3 is 0 Å². The molecule has 0 fully saturated rings. The number of rotatable bonds is 5. The minimum Gasteiger partial charge on any atom is -0.243 e. The second-order valence-corrected chi connectivity index (χ2v) is 7.05. The zero-order valence-corrected chi connectivity index (χ0v) is 14.8. The summed E-state index contributed by atoms with van der Waals surface area (Å²) >= 11 is 0. The molecule has 0 atom stereocenters. The van der Waals surface area contributed by atoms with E-state index >= 15 is 0 Å². The van der Waals surface area contributed by atoms with Crippen molar-refractivity contribution in [2.75, 3.05) is 0 Å². The van der Waals surface area contributed by atoms with E-state index in [0.29, 0.717) is 18.2 Å². The predicted octanol–water partition coefficient (Wildman–Crippen LogP) is 4.40. The maximum absolute atomic E-state index is 9.30. The van der Waals surface area contributed by atoms with E-state index in [0.717, 1.165) is 18.5 Å². The van der Waals surface area contributed by atoms with Crippen LogP contribution in [0.4, 0.5) is 0 Å². The van der Waals surface area contributed by atoms with Crippen LogP contribution in [0.3, 0.4) is 0 Å². The van der Waals surface area contributed by atoms with Crippen molar-refractivity contribution in [3.63, 3.8) is 0 Å². The van der Waals surface area contributed by atoms with Gasteiger partial charge >= 0.3 is 0 Å². The van der Waals surface area contributed by atoms with Crippen LogP contribution in [0.25, 0.3) is 0 Å². The Balaban J connectivity index is 2.30. The Morgan fingerprint density at radius 1 is 1.13 bits per heavy atom. The van der Waals surface area contributed by atoms with Gasteiger partial charge in [0.15, 0.2) is 5.69 Å². The summed E-state index contributed by atoms with van der Waals surface area (Å²) < 4.78 is 1.89. The summed E-state index contributed by atoms with van der Waals surface area (Å²) in [5.41, 5.74) is 4.08. The first-order valence-corrected chi connectivity index (χ1v) is 8.33. The number of hydrogen-bond acceptors (Lipinski definition) is 3. The summed E-state index contributed by atoms with van der Waals surface area (Å²) in [7, 11) is 0. The van der Waals surface area contributed by atoms with Crippen LogP contribution in [0.1, 0.15) is 75.9 Å². The molecule has 1 aromatic carbocycles. The van der Waals surface area contributed by atoms with Crippen LogP contribution in [0.2, 0.25) is 0 Å². The van der Waals surface area contributed by atoms with Crippen molar-refractivity contribution in [2.24, 2.45) is 0 Å². The lowest BCUT2D eigenvalue weighted by Gasteiger charge is -2.19. The second kappa shape index (κ2) is 6.95. The van der Waals surface area contributed by atoms with Crippen molar-refractivity contribution >= 4 is 0 Å². The smallest absolute Gasteiger partial charge is 0.186 e. The molecule has 0 unspecified atom stereocenters. The standard InChI is InChI=1S/C19H26N4/c1-6-15(7-2)18-17(12-20)21-22-23(18)13-14-8-10-16(11-9-14)19(3,4)5/h8-11,15H,6-7,13H2,1-5H3. The third-order valence-electron chi connectivity index (χ3n) is 4.40. The molecule has 0 spiro atoms. The number of nitrogens with zero attached hydrogens (tertiary/aromatic N) is 4. The number of hydrogen-bond donors (Lipinski definition) is 0. The molecule has 0 amide bonds. The topological polar surface area (TPSA) is 54.5 Å². The molecule has 0 aliphatic rings. The fourth-order valence-electron chi connectivity index (χ4n) is 2.88. The monoisotopic (exact) mass is 310 g/mol. The molecule has 0 saturated heterocycles. The molecule has 2 rings (SSSR count). The largest absolute Gasteiger partial charge is 0.243 e. The Bertz CT molecular complexity index is 680. The maximum Gasteiger partial charge on any atom is 0.186 e. The van der Waals surface area contributed by atoms with E-state index in [4.69, 9.17) is 0 Å². The first kappa shape index (κ1) is 17.2. The van der Waals surface area contributed by atoms with Crippen molar-refractivity contribution in [2.45, 2.75) is 65.3 Å². The lowest BCUT2D eigenvalue weighted by molar-refractivity contribution is 0.542. The molecule has 0 aliphatic heterocycles. The molecule has 0 bridgehead atoms. The SMILES string of the molecule is CCC(CC)c1c(C#N)nnn1Cc1ccc(C(C)(C)C)cc1. The van der Waals surface area contributed by atoms with Crippen LogP contribution in [-0.2, 0) is 12.0 Å². The molecule has 23 heavy (non-hydrogen) atoms. The molecule has 4 heteroatoms. The van der Waals surface area contributed by atoms with E-state index < -0.39 is 0 Å². The highest BCUT2D eigenvalue weighted by Crippen LogP contribution is 2.26. The van der Waals surface area contributed by atoms with E-state index in [2.05, 4.69) is 75.3 Å². The van der Waals surface area contributed by atoms with E-state index in [9.17, 15) is 5.26 Å². The predicted molar refractivity (Wildman–Crippen MR) is 92.3 cm³/mol. The quantitative estimate of drug-likeness (QED) is 0.822. The zero-order chi connectivity index (χ0) is 17.0. The summed E-state index contributed by atoms with van der Waals surface area (Å²) in [6.07, 6.45) is 1.98. The van der Waals surface area contributed by atoms with Gasteiger partial charge in [-0.3, -0.25) is 0 Å². The summed E-state index contributed by atoms with van der Waals surface area (Å²) in [4.78, 5) is 0. The number of nitriles is 1. The van der Waals surface area contributed by atoms with Gasteiger partial charge in [0, 0.05) is 5.92 Å². The minimum atomic E-state index is 0.153. The Morgan fingerprint density at radius 3 is 2.22 bits per heavy atom. The number of benzene rings is 1. The Morgan fingerprint density at radius 2 is 1.74 bits per heavy atom. The van der Waals surface area contributed by atoms with Crippen molar-refractivity contribution in [1.29, 1.82) is 5.26 Å². The lowest BCUT2D eigenvalue weighted by Crippen LogP contribution is -2.13. The molecule has 1 heterocycles. The normalized spacial score (nSPS) is 11.7. The van der Waals surface area contributed by atoms with Gasteiger partial charge in [-0.15, -0.1) is 5.10 Å². The van der Waals surface area contributed by atoms with Crippen LogP contribution in [-0.4, -0.2) is 15.0 Å². The highest BCUT2D eigenvalue weighted by molar-refractivity contribution is 5.30. The molecule has 0 radical (unpaired) electrons. The van der Waals surface area contributed by atoms with Gasteiger partial charge in [-0.25, -0.2) is 4.68 Å². The second-order valence-electron chi connectivity index (χ2n) is 7.05. The van der Waals surface area contributed by atoms with Crippen LogP contribution < -0.4 is 0 Å². The summed E-state index contributed by atoms with van der Waals surface area (Å²) in [5.74, 6) is 0.327. The average molecular weight is 310 g/mol. The van der Waals surface area contributed by atoms with Crippen molar-refractivity contribution in [1.82, 2.24) is 15.0 Å². The highest BCUT2D eigenvalue weighted by atomic mass is 15.4. The molecule has 122 valence electrons. The van der Waals surface area contributed by atoms with Crippen LogP contribution in [0, 0.1) is 11.3 Å². The molecular formula is C19H26N4. The molecule has 0 N–H and O–H groups in total. The number of aromatic nitrogens is 3. The maximum atomic E-state index is 9.30. The molecule has 4 nitrogen and oxygen atoms in total. The van der Waals surface area contributed by atoms with Gasteiger partial charge in [-0.2, -0.15) is 5.26 Å².